The first kappa shape index (κ1) is 16.8. The van der Waals surface area contributed by atoms with Gasteiger partial charge in [-0.25, -0.2) is 0 Å². The molecule has 0 rings (SSSR count). The number of aliphatic hydroxyl groups is 1. The molecule has 0 bridgehead atoms. The maximum atomic E-state index is 10.2. The van der Waals surface area contributed by atoms with Crippen LogP contribution in [0, 0.1) is 0 Å². The molecule has 0 spiro atoms. The normalized spacial score (nSPS) is 11.9. The van der Waals surface area contributed by atoms with Gasteiger partial charge in [-0.3, -0.25) is 4.79 Å². The molecule has 0 aromatic rings. The van der Waals surface area contributed by atoms with E-state index in [1.807, 2.05) is 0 Å². The topological polar surface area (TPSA) is 57.5 Å². The molecular formula is C10H20NaO3. The standard InChI is InChI=1S/C10H20O3.Na/c1-2-3-4-6-9(11)7-5-8-10(12)13;/h9,11H,2-8H2,1H3,(H,12,13);. The fourth-order valence-electron chi connectivity index (χ4n) is 1.26. The summed E-state index contributed by atoms with van der Waals surface area (Å²) in [6.45, 7) is 2.12. The van der Waals surface area contributed by atoms with Gasteiger partial charge in [0.15, 0.2) is 0 Å². The molecule has 14 heavy (non-hydrogen) atoms. The minimum absolute atomic E-state index is 0. The Balaban J connectivity index is 0. The number of hydrogen-bond donors (Lipinski definition) is 2. The molecule has 0 saturated carbocycles. The Morgan fingerprint density at radius 3 is 2.29 bits per heavy atom. The summed E-state index contributed by atoms with van der Waals surface area (Å²) in [4.78, 5) is 10.2. The summed E-state index contributed by atoms with van der Waals surface area (Å²) < 4.78 is 0. The Hall–Kier alpha value is 0.430. The van der Waals surface area contributed by atoms with Gasteiger partial charge in [0, 0.05) is 36.0 Å². The monoisotopic (exact) mass is 211 g/mol. The van der Waals surface area contributed by atoms with E-state index < -0.39 is 5.97 Å². The zero-order valence-corrected chi connectivity index (χ0v) is 11.3. The molecule has 0 amide bonds. The summed E-state index contributed by atoms with van der Waals surface area (Å²) in [6.07, 6.45) is 5.24. The van der Waals surface area contributed by atoms with Crippen molar-refractivity contribution < 1.29 is 15.0 Å². The quantitative estimate of drug-likeness (QED) is 0.475. The molecular weight excluding hydrogens is 191 g/mol. The molecule has 3 nitrogen and oxygen atoms in total. The van der Waals surface area contributed by atoms with Gasteiger partial charge in [-0.05, 0) is 19.3 Å². The third-order valence-electron chi connectivity index (χ3n) is 2.07. The van der Waals surface area contributed by atoms with Crippen LogP contribution >= 0.6 is 0 Å². The molecule has 0 heterocycles. The number of hydrogen-bond acceptors (Lipinski definition) is 2. The number of carboxylic acid groups (broad SMARTS) is 1. The number of carbonyl (C=O) groups is 1. The smallest absolute Gasteiger partial charge is 0.303 e. The SMILES string of the molecule is CCCCCC(O)CCCC(=O)O.[Na]. The molecule has 79 valence electrons. The first-order valence-corrected chi connectivity index (χ1v) is 5.06. The summed E-state index contributed by atoms with van der Waals surface area (Å²) in [5.74, 6) is -0.777. The van der Waals surface area contributed by atoms with E-state index in [0.717, 1.165) is 25.7 Å². The number of rotatable bonds is 8. The van der Waals surface area contributed by atoms with E-state index in [0.29, 0.717) is 12.8 Å². The van der Waals surface area contributed by atoms with Crippen LogP contribution in [0.3, 0.4) is 0 Å². The minimum atomic E-state index is -0.777. The average molecular weight is 211 g/mol. The van der Waals surface area contributed by atoms with Crippen LogP contribution in [0.1, 0.15) is 51.9 Å². The average Bonchev–Trinajstić information content (AvgIpc) is 2.04. The predicted molar refractivity (Wildman–Crippen MR) is 57.4 cm³/mol. The van der Waals surface area contributed by atoms with Crippen molar-refractivity contribution in [1.82, 2.24) is 0 Å². The van der Waals surface area contributed by atoms with Gasteiger partial charge >= 0.3 is 5.97 Å². The molecule has 0 aliphatic heterocycles. The van der Waals surface area contributed by atoms with Gasteiger partial charge in [-0.1, -0.05) is 26.2 Å². The Morgan fingerprint density at radius 1 is 1.21 bits per heavy atom. The van der Waals surface area contributed by atoms with Gasteiger partial charge in [0.1, 0.15) is 0 Å². The van der Waals surface area contributed by atoms with E-state index in [4.69, 9.17) is 5.11 Å². The largest absolute Gasteiger partial charge is 0.481 e. The fourth-order valence-corrected chi connectivity index (χ4v) is 1.26. The number of aliphatic hydroxyl groups excluding tert-OH is 1. The molecule has 0 aromatic heterocycles. The minimum Gasteiger partial charge on any atom is -0.481 e. The Morgan fingerprint density at radius 2 is 1.79 bits per heavy atom. The van der Waals surface area contributed by atoms with Crippen molar-refractivity contribution in [3.63, 3.8) is 0 Å². The molecule has 2 N–H and O–H groups in total. The van der Waals surface area contributed by atoms with Crippen LogP contribution in [0.2, 0.25) is 0 Å². The van der Waals surface area contributed by atoms with Crippen LogP contribution < -0.4 is 0 Å². The fraction of sp³-hybridized carbons (Fsp3) is 0.900. The Kier molecular flexibility index (Phi) is 13.8. The zero-order chi connectivity index (χ0) is 10.1. The molecule has 1 unspecified atom stereocenters. The van der Waals surface area contributed by atoms with E-state index in [1.165, 1.54) is 0 Å². The number of unbranched alkanes of at least 4 members (excludes halogenated alkanes) is 2. The van der Waals surface area contributed by atoms with Crippen molar-refractivity contribution in [2.45, 2.75) is 58.0 Å². The van der Waals surface area contributed by atoms with Crippen LogP contribution in [0.15, 0.2) is 0 Å². The molecule has 0 fully saturated rings. The second-order valence-corrected chi connectivity index (χ2v) is 3.44. The van der Waals surface area contributed by atoms with Crippen molar-refractivity contribution in [1.29, 1.82) is 0 Å². The van der Waals surface area contributed by atoms with Crippen molar-refractivity contribution in [2.24, 2.45) is 0 Å². The van der Waals surface area contributed by atoms with Crippen molar-refractivity contribution in [2.75, 3.05) is 0 Å². The molecule has 0 aliphatic rings. The second kappa shape index (κ2) is 11.5. The molecule has 0 saturated heterocycles. The van der Waals surface area contributed by atoms with Crippen LogP contribution in [-0.4, -0.2) is 51.8 Å². The first-order valence-electron chi connectivity index (χ1n) is 5.06. The van der Waals surface area contributed by atoms with E-state index in [9.17, 15) is 9.90 Å². The van der Waals surface area contributed by atoms with Crippen LogP contribution in [0.4, 0.5) is 0 Å². The summed E-state index contributed by atoms with van der Waals surface area (Å²) in [7, 11) is 0. The zero-order valence-electron chi connectivity index (χ0n) is 9.33. The third-order valence-corrected chi connectivity index (χ3v) is 2.07. The molecule has 0 aliphatic carbocycles. The van der Waals surface area contributed by atoms with Crippen molar-refractivity contribution >= 4 is 35.5 Å². The van der Waals surface area contributed by atoms with Gasteiger partial charge in [-0.2, -0.15) is 0 Å². The van der Waals surface area contributed by atoms with E-state index >= 15 is 0 Å². The van der Waals surface area contributed by atoms with Gasteiger partial charge in [0.25, 0.3) is 0 Å². The first-order chi connectivity index (χ1) is 6.16. The second-order valence-electron chi connectivity index (χ2n) is 3.44. The van der Waals surface area contributed by atoms with Gasteiger partial charge in [-0.15, -0.1) is 0 Å². The van der Waals surface area contributed by atoms with Crippen molar-refractivity contribution in [3.8, 4) is 0 Å². The van der Waals surface area contributed by atoms with Gasteiger partial charge in [0.2, 0.25) is 0 Å². The van der Waals surface area contributed by atoms with E-state index in [-0.39, 0.29) is 42.1 Å². The summed E-state index contributed by atoms with van der Waals surface area (Å²) in [5, 5.41) is 17.8. The maximum Gasteiger partial charge on any atom is 0.303 e. The molecule has 4 heteroatoms. The number of aliphatic carboxylic acids is 1. The summed E-state index contributed by atoms with van der Waals surface area (Å²) in [5.41, 5.74) is 0. The summed E-state index contributed by atoms with van der Waals surface area (Å²) in [6, 6.07) is 0. The summed E-state index contributed by atoms with van der Waals surface area (Å²) >= 11 is 0. The predicted octanol–water partition coefficient (Wildman–Crippen LogP) is 1.80. The molecule has 1 radical (unpaired) electrons. The van der Waals surface area contributed by atoms with Crippen LogP contribution in [0.5, 0.6) is 0 Å². The molecule has 1 atom stereocenters. The van der Waals surface area contributed by atoms with E-state index in [1.54, 1.807) is 0 Å². The van der Waals surface area contributed by atoms with Gasteiger partial charge < -0.3 is 10.2 Å². The molecule has 0 aromatic carbocycles. The Labute approximate surface area is 108 Å². The number of carboxylic acids is 1. The van der Waals surface area contributed by atoms with Crippen LogP contribution in [-0.2, 0) is 4.79 Å². The van der Waals surface area contributed by atoms with Gasteiger partial charge in [0.05, 0.1) is 6.10 Å². The Bertz CT molecular complexity index is 139. The third kappa shape index (κ3) is 12.4. The van der Waals surface area contributed by atoms with Crippen LogP contribution in [0.25, 0.3) is 0 Å². The van der Waals surface area contributed by atoms with E-state index in [2.05, 4.69) is 6.92 Å². The maximum absolute atomic E-state index is 10.2. The van der Waals surface area contributed by atoms with Crippen molar-refractivity contribution in [3.05, 3.63) is 0 Å².